The first-order valence-electron chi connectivity index (χ1n) is 5.31. The number of aromatic amines is 1. The van der Waals surface area contributed by atoms with Gasteiger partial charge in [0.1, 0.15) is 0 Å². The molecule has 5 heteroatoms. The van der Waals surface area contributed by atoms with Crippen LogP contribution in [0.15, 0.2) is 24.4 Å². The van der Waals surface area contributed by atoms with Gasteiger partial charge in [0.2, 0.25) is 0 Å². The molecule has 0 aliphatic heterocycles. The predicted molar refractivity (Wildman–Crippen MR) is 67.2 cm³/mol. The van der Waals surface area contributed by atoms with Crippen molar-refractivity contribution in [2.24, 2.45) is 11.7 Å². The quantitative estimate of drug-likeness (QED) is 0.779. The van der Waals surface area contributed by atoms with Crippen LogP contribution in [0.3, 0.4) is 0 Å². The zero-order chi connectivity index (χ0) is 12.4. The van der Waals surface area contributed by atoms with Crippen LogP contribution >= 0.6 is 11.6 Å². The van der Waals surface area contributed by atoms with Crippen molar-refractivity contribution >= 4 is 28.5 Å². The van der Waals surface area contributed by atoms with Crippen molar-refractivity contribution in [2.45, 2.75) is 6.42 Å². The molecule has 0 fully saturated rings. The maximum absolute atomic E-state index is 10.9. The Bertz CT molecular complexity index is 550. The minimum absolute atomic E-state index is 0.128. The van der Waals surface area contributed by atoms with Crippen molar-refractivity contribution < 1.29 is 9.90 Å². The van der Waals surface area contributed by atoms with Crippen LogP contribution in [0.2, 0.25) is 5.02 Å². The summed E-state index contributed by atoms with van der Waals surface area (Å²) >= 11 is 6.03. The van der Waals surface area contributed by atoms with E-state index in [9.17, 15) is 4.79 Å². The molecule has 0 spiro atoms. The number of hydrogen-bond donors (Lipinski definition) is 3. The third-order valence-electron chi connectivity index (χ3n) is 2.85. The molecule has 1 heterocycles. The SMILES string of the molecule is NCC(Cc1c[nH]c2c(Cl)cccc12)C(=O)O. The molecular weight excluding hydrogens is 240 g/mol. The van der Waals surface area contributed by atoms with E-state index in [4.69, 9.17) is 22.4 Å². The summed E-state index contributed by atoms with van der Waals surface area (Å²) in [6, 6.07) is 5.56. The highest BCUT2D eigenvalue weighted by molar-refractivity contribution is 6.35. The Balaban J connectivity index is 2.37. The van der Waals surface area contributed by atoms with Gasteiger partial charge in [0.25, 0.3) is 0 Å². The first-order chi connectivity index (χ1) is 8.13. The number of nitrogens with two attached hydrogens (primary N) is 1. The average Bonchev–Trinajstić information content (AvgIpc) is 2.70. The molecule has 1 aromatic heterocycles. The molecule has 0 aliphatic carbocycles. The van der Waals surface area contributed by atoms with Crippen LogP contribution in [0.4, 0.5) is 0 Å². The number of rotatable bonds is 4. The molecule has 1 atom stereocenters. The number of fused-ring (bicyclic) bond motifs is 1. The summed E-state index contributed by atoms with van der Waals surface area (Å²) in [6.45, 7) is 0.128. The second-order valence-corrected chi connectivity index (χ2v) is 4.36. The van der Waals surface area contributed by atoms with Crippen molar-refractivity contribution in [1.29, 1.82) is 0 Å². The largest absolute Gasteiger partial charge is 0.481 e. The average molecular weight is 253 g/mol. The van der Waals surface area contributed by atoms with Crippen LogP contribution in [-0.4, -0.2) is 22.6 Å². The Labute approximate surface area is 103 Å². The monoisotopic (exact) mass is 252 g/mol. The summed E-state index contributed by atoms with van der Waals surface area (Å²) in [7, 11) is 0. The van der Waals surface area contributed by atoms with E-state index >= 15 is 0 Å². The number of carboxylic acids is 1. The second kappa shape index (κ2) is 4.77. The lowest BCUT2D eigenvalue weighted by molar-refractivity contribution is -0.141. The van der Waals surface area contributed by atoms with E-state index in [0.29, 0.717) is 11.4 Å². The van der Waals surface area contributed by atoms with Gasteiger partial charge < -0.3 is 15.8 Å². The fraction of sp³-hybridized carbons (Fsp3) is 0.250. The second-order valence-electron chi connectivity index (χ2n) is 3.95. The number of carboxylic acid groups (broad SMARTS) is 1. The smallest absolute Gasteiger partial charge is 0.308 e. The van der Waals surface area contributed by atoms with E-state index in [-0.39, 0.29) is 6.54 Å². The van der Waals surface area contributed by atoms with Gasteiger partial charge in [0, 0.05) is 18.1 Å². The van der Waals surface area contributed by atoms with Crippen molar-refractivity contribution in [3.63, 3.8) is 0 Å². The minimum atomic E-state index is -0.871. The van der Waals surface area contributed by atoms with Crippen LogP contribution in [0.1, 0.15) is 5.56 Å². The van der Waals surface area contributed by atoms with Crippen LogP contribution in [0.25, 0.3) is 10.9 Å². The molecule has 4 nitrogen and oxygen atoms in total. The van der Waals surface area contributed by atoms with E-state index in [1.165, 1.54) is 0 Å². The summed E-state index contributed by atoms with van der Waals surface area (Å²) in [5, 5.41) is 10.6. The van der Waals surface area contributed by atoms with Gasteiger partial charge in [-0.3, -0.25) is 4.79 Å². The molecule has 0 saturated carbocycles. The highest BCUT2D eigenvalue weighted by atomic mass is 35.5. The molecule has 0 saturated heterocycles. The minimum Gasteiger partial charge on any atom is -0.481 e. The summed E-state index contributed by atoms with van der Waals surface area (Å²) < 4.78 is 0. The first-order valence-corrected chi connectivity index (χ1v) is 5.68. The molecule has 0 bridgehead atoms. The fourth-order valence-electron chi connectivity index (χ4n) is 1.88. The van der Waals surface area contributed by atoms with Crippen molar-refractivity contribution in [1.82, 2.24) is 4.98 Å². The molecule has 4 N–H and O–H groups in total. The van der Waals surface area contributed by atoms with Gasteiger partial charge in [-0.2, -0.15) is 0 Å². The van der Waals surface area contributed by atoms with Crippen molar-refractivity contribution in [3.05, 3.63) is 35.0 Å². The molecular formula is C12H13ClN2O2. The highest BCUT2D eigenvalue weighted by Crippen LogP contribution is 2.26. The lowest BCUT2D eigenvalue weighted by atomic mass is 9.99. The summed E-state index contributed by atoms with van der Waals surface area (Å²) in [5.74, 6) is -1.43. The number of H-pyrrole nitrogens is 1. The Morgan fingerprint density at radius 1 is 1.53 bits per heavy atom. The summed E-state index contributed by atoms with van der Waals surface area (Å²) in [5.41, 5.74) is 7.22. The number of aromatic nitrogens is 1. The lowest BCUT2D eigenvalue weighted by Crippen LogP contribution is -2.25. The predicted octanol–water partition coefficient (Wildman–Crippen LogP) is 2.02. The Hall–Kier alpha value is -1.52. The molecule has 2 aromatic rings. The van der Waals surface area contributed by atoms with Gasteiger partial charge in [-0.15, -0.1) is 0 Å². The third-order valence-corrected chi connectivity index (χ3v) is 3.17. The zero-order valence-electron chi connectivity index (χ0n) is 9.11. The van der Waals surface area contributed by atoms with E-state index in [1.807, 2.05) is 12.1 Å². The lowest BCUT2D eigenvalue weighted by Gasteiger charge is -2.08. The van der Waals surface area contributed by atoms with Crippen molar-refractivity contribution in [3.8, 4) is 0 Å². The first kappa shape index (κ1) is 12.0. The van der Waals surface area contributed by atoms with E-state index in [1.54, 1.807) is 12.3 Å². The normalized spacial score (nSPS) is 12.8. The van der Waals surface area contributed by atoms with Gasteiger partial charge in [0.05, 0.1) is 16.5 Å². The number of para-hydroxylation sites is 1. The Morgan fingerprint density at radius 2 is 2.29 bits per heavy atom. The van der Waals surface area contributed by atoms with Crippen LogP contribution in [0, 0.1) is 5.92 Å². The maximum atomic E-state index is 10.9. The molecule has 0 radical (unpaired) electrons. The summed E-state index contributed by atoms with van der Waals surface area (Å²) in [6.07, 6.45) is 2.20. The van der Waals surface area contributed by atoms with E-state index < -0.39 is 11.9 Å². The molecule has 90 valence electrons. The maximum Gasteiger partial charge on any atom is 0.308 e. The standard InChI is InChI=1S/C12H13ClN2O2/c13-10-3-1-2-9-8(6-15-11(9)10)4-7(5-14)12(16)17/h1-3,6-7,15H,4-5,14H2,(H,16,17). The van der Waals surface area contributed by atoms with E-state index in [0.717, 1.165) is 16.5 Å². The molecule has 1 unspecified atom stereocenters. The van der Waals surface area contributed by atoms with E-state index in [2.05, 4.69) is 4.98 Å². The molecule has 0 aliphatic rings. The van der Waals surface area contributed by atoms with Crippen LogP contribution in [0.5, 0.6) is 0 Å². The third kappa shape index (κ3) is 2.28. The van der Waals surface area contributed by atoms with Gasteiger partial charge in [-0.25, -0.2) is 0 Å². The Morgan fingerprint density at radius 3 is 2.94 bits per heavy atom. The van der Waals surface area contributed by atoms with Gasteiger partial charge in [-0.05, 0) is 18.1 Å². The number of halogens is 1. The molecule has 0 amide bonds. The number of aliphatic carboxylic acids is 1. The number of carbonyl (C=O) groups is 1. The van der Waals surface area contributed by atoms with Crippen LogP contribution in [-0.2, 0) is 11.2 Å². The number of nitrogens with one attached hydrogen (secondary N) is 1. The fourth-order valence-corrected chi connectivity index (χ4v) is 2.11. The van der Waals surface area contributed by atoms with Gasteiger partial charge in [0.15, 0.2) is 0 Å². The topological polar surface area (TPSA) is 79.1 Å². The summed E-state index contributed by atoms with van der Waals surface area (Å²) in [4.78, 5) is 14.0. The highest BCUT2D eigenvalue weighted by Gasteiger charge is 2.18. The molecule has 2 rings (SSSR count). The number of hydrogen-bond acceptors (Lipinski definition) is 2. The molecule has 17 heavy (non-hydrogen) atoms. The molecule has 1 aromatic carbocycles. The van der Waals surface area contributed by atoms with Crippen molar-refractivity contribution in [2.75, 3.05) is 6.54 Å². The zero-order valence-corrected chi connectivity index (χ0v) is 9.87. The van der Waals surface area contributed by atoms with Crippen LogP contribution < -0.4 is 5.73 Å². The number of benzene rings is 1. The van der Waals surface area contributed by atoms with Gasteiger partial charge >= 0.3 is 5.97 Å². The Kier molecular flexibility index (Phi) is 3.36. The van der Waals surface area contributed by atoms with Gasteiger partial charge in [-0.1, -0.05) is 23.7 Å².